The maximum absolute atomic E-state index is 12.1. The number of nitrogens with one attached hydrogen (secondary N) is 3. The Bertz CT molecular complexity index is 931. The zero-order valence-corrected chi connectivity index (χ0v) is 11.9. The van der Waals surface area contributed by atoms with Crippen LogP contribution >= 0.6 is 0 Å². The van der Waals surface area contributed by atoms with E-state index < -0.39 is 17.1 Å². The molecule has 0 radical (unpaired) electrons. The number of anilines is 2. The molecule has 1 aromatic heterocycles. The van der Waals surface area contributed by atoms with Crippen molar-refractivity contribution in [3.63, 3.8) is 0 Å². The van der Waals surface area contributed by atoms with E-state index in [0.29, 0.717) is 5.69 Å². The Balaban J connectivity index is 1.93. The van der Waals surface area contributed by atoms with Crippen molar-refractivity contribution in [1.29, 1.82) is 0 Å². The summed E-state index contributed by atoms with van der Waals surface area (Å²) in [6.07, 6.45) is 0. The predicted octanol–water partition coefficient (Wildman–Crippen LogP) is 1.93. The van der Waals surface area contributed by atoms with Crippen LogP contribution in [-0.4, -0.2) is 16.0 Å². The van der Waals surface area contributed by atoms with E-state index in [2.05, 4.69) is 20.6 Å². The van der Waals surface area contributed by atoms with E-state index in [0.717, 1.165) is 0 Å². The second-order valence-electron chi connectivity index (χ2n) is 4.71. The number of aromatic amines is 1. The summed E-state index contributed by atoms with van der Waals surface area (Å²) in [5, 5.41) is 5.31. The monoisotopic (exact) mass is 308 g/mol. The molecule has 3 N–H and O–H groups in total. The van der Waals surface area contributed by atoms with Crippen LogP contribution in [-0.2, 0) is 0 Å². The van der Waals surface area contributed by atoms with Gasteiger partial charge in [-0.15, -0.1) is 0 Å². The molecule has 7 nitrogen and oxygen atoms in total. The third-order valence-electron chi connectivity index (χ3n) is 3.11. The number of H-pyrrole nitrogens is 1. The lowest BCUT2D eigenvalue weighted by molar-refractivity contribution is 0.262. The summed E-state index contributed by atoms with van der Waals surface area (Å²) >= 11 is 0. The van der Waals surface area contributed by atoms with Crippen LogP contribution < -0.4 is 21.8 Å². The van der Waals surface area contributed by atoms with Gasteiger partial charge >= 0.3 is 6.03 Å². The average molecular weight is 308 g/mol. The van der Waals surface area contributed by atoms with Crippen molar-refractivity contribution in [2.24, 2.45) is 0 Å². The minimum absolute atomic E-state index is 0.185. The molecule has 0 fully saturated rings. The Morgan fingerprint density at radius 3 is 2.26 bits per heavy atom. The van der Waals surface area contributed by atoms with Crippen LogP contribution in [0.4, 0.5) is 16.4 Å². The van der Waals surface area contributed by atoms with Crippen molar-refractivity contribution in [3.05, 3.63) is 75.3 Å². The van der Waals surface area contributed by atoms with Crippen molar-refractivity contribution in [2.45, 2.75) is 0 Å². The molecule has 114 valence electrons. The minimum Gasteiger partial charge on any atom is -0.308 e. The summed E-state index contributed by atoms with van der Waals surface area (Å²) in [5.74, 6) is -0.218. The Morgan fingerprint density at radius 2 is 1.52 bits per heavy atom. The van der Waals surface area contributed by atoms with Crippen LogP contribution in [0.25, 0.3) is 10.8 Å². The fourth-order valence-corrected chi connectivity index (χ4v) is 2.08. The van der Waals surface area contributed by atoms with Gasteiger partial charge in [0.15, 0.2) is 0 Å². The van der Waals surface area contributed by atoms with Gasteiger partial charge in [-0.05, 0) is 24.3 Å². The summed E-state index contributed by atoms with van der Waals surface area (Å²) < 4.78 is 0. The molecule has 0 aliphatic heterocycles. The highest BCUT2D eigenvalue weighted by atomic mass is 16.2. The molecule has 0 spiro atoms. The molecule has 0 saturated carbocycles. The molecule has 0 bridgehead atoms. The highest BCUT2D eigenvalue weighted by Gasteiger charge is 2.07. The van der Waals surface area contributed by atoms with Crippen molar-refractivity contribution < 1.29 is 4.79 Å². The number of aromatic nitrogens is 2. The topological polar surface area (TPSA) is 104 Å². The van der Waals surface area contributed by atoms with E-state index in [9.17, 15) is 14.4 Å². The summed E-state index contributed by atoms with van der Waals surface area (Å²) in [6, 6.07) is 14.4. The number of hydrogen-bond acceptors (Lipinski definition) is 4. The van der Waals surface area contributed by atoms with Crippen LogP contribution in [0.3, 0.4) is 0 Å². The predicted molar refractivity (Wildman–Crippen MR) is 87.7 cm³/mol. The fourth-order valence-electron chi connectivity index (χ4n) is 2.08. The normalized spacial score (nSPS) is 10.3. The number of hydrogen-bond donors (Lipinski definition) is 3. The number of carbonyl (C=O) groups excluding carboxylic acids is 1. The lowest BCUT2D eigenvalue weighted by Crippen LogP contribution is -2.22. The summed E-state index contributed by atoms with van der Waals surface area (Å²) in [4.78, 5) is 42.2. The minimum atomic E-state index is -0.617. The fraction of sp³-hybridized carbons (Fsp3) is 0. The van der Waals surface area contributed by atoms with Crippen LogP contribution in [0, 0.1) is 0 Å². The zero-order chi connectivity index (χ0) is 16.2. The number of nitrogens with zero attached hydrogens (tertiary/aromatic N) is 1. The lowest BCUT2D eigenvalue weighted by Gasteiger charge is -2.04. The van der Waals surface area contributed by atoms with Crippen LogP contribution in [0.2, 0.25) is 0 Å². The maximum atomic E-state index is 12.1. The lowest BCUT2D eigenvalue weighted by atomic mass is 10.2. The van der Waals surface area contributed by atoms with Crippen molar-refractivity contribution in [3.8, 4) is 0 Å². The summed E-state index contributed by atoms with van der Waals surface area (Å²) in [7, 11) is 0. The van der Waals surface area contributed by atoms with Crippen molar-refractivity contribution >= 4 is 28.4 Å². The van der Waals surface area contributed by atoms with E-state index in [4.69, 9.17) is 0 Å². The first-order valence-electron chi connectivity index (χ1n) is 6.80. The third kappa shape index (κ3) is 3.24. The Kier molecular flexibility index (Phi) is 3.84. The Hall–Kier alpha value is -3.48. The maximum Gasteiger partial charge on any atom is 0.326 e. The first-order valence-corrected chi connectivity index (χ1v) is 6.80. The Labute approximate surface area is 130 Å². The number of fused-ring (bicyclic) bond motifs is 1. The highest BCUT2D eigenvalue weighted by molar-refractivity contribution is 5.98. The van der Waals surface area contributed by atoms with E-state index in [1.807, 2.05) is 6.07 Å². The van der Waals surface area contributed by atoms with Crippen LogP contribution in [0.15, 0.2) is 64.2 Å². The van der Waals surface area contributed by atoms with Crippen LogP contribution in [0.1, 0.15) is 0 Å². The molecule has 7 heteroatoms. The van der Waals surface area contributed by atoms with Crippen LogP contribution in [0.5, 0.6) is 0 Å². The molecule has 0 aliphatic rings. The largest absolute Gasteiger partial charge is 0.326 e. The van der Waals surface area contributed by atoms with E-state index in [1.54, 1.807) is 36.4 Å². The van der Waals surface area contributed by atoms with Gasteiger partial charge in [-0.25, -0.2) is 4.79 Å². The van der Waals surface area contributed by atoms with Gasteiger partial charge in [-0.3, -0.25) is 19.9 Å². The molecule has 2 amide bonds. The molecule has 23 heavy (non-hydrogen) atoms. The Morgan fingerprint density at radius 1 is 0.870 bits per heavy atom. The van der Waals surface area contributed by atoms with Gasteiger partial charge in [0, 0.05) is 5.69 Å². The van der Waals surface area contributed by atoms with E-state index in [-0.39, 0.29) is 16.7 Å². The number of rotatable bonds is 2. The standard InChI is InChI=1S/C16H12N4O3/c21-13-11-8-4-5-9-12(11)14(22)19-15(18-13)20-16(23)17-10-6-2-1-3-7-10/h1-9H,(H3,17,18,19,20,21,22,23). The smallest absolute Gasteiger partial charge is 0.308 e. The summed E-state index contributed by atoms with van der Waals surface area (Å²) in [6.45, 7) is 0. The van der Waals surface area contributed by atoms with Gasteiger partial charge in [0.25, 0.3) is 11.1 Å². The molecular formula is C16H12N4O3. The molecule has 0 saturated heterocycles. The number of para-hydroxylation sites is 1. The van der Waals surface area contributed by atoms with Crippen molar-refractivity contribution in [2.75, 3.05) is 10.6 Å². The van der Waals surface area contributed by atoms with Gasteiger partial charge in [0.1, 0.15) is 0 Å². The SMILES string of the molecule is O=C(Nc1ccccc1)Nc1nc(=O)c2ccccc2c(=O)[nH]1. The van der Waals surface area contributed by atoms with E-state index >= 15 is 0 Å². The molecule has 0 atom stereocenters. The first kappa shape index (κ1) is 14.5. The highest BCUT2D eigenvalue weighted by Crippen LogP contribution is 2.06. The second kappa shape index (κ2) is 6.10. The molecule has 0 aliphatic carbocycles. The van der Waals surface area contributed by atoms with Crippen molar-refractivity contribution in [1.82, 2.24) is 9.97 Å². The second-order valence-corrected chi connectivity index (χ2v) is 4.71. The first-order chi connectivity index (χ1) is 11.1. The molecule has 3 rings (SSSR count). The quantitative estimate of drug-likeness (QED) is 0.672. The molecule has 3 aromatic rings. The third-order valence-corrected chi connectivity index (χ3v) is 3.11. The average Bonchev–Trinajstić information content (AvgIpc) is 2.66. The number of urea groups is 1. The van der Waals surface area contributed by atoms with Gasteiger partial charge < -0.3 is 5.32 Å². The molecule has 0 unspecified atom stereocenters. The summed E-state index contributed by atoms with van der Waals surface area (Å²) in [5.41, 5.74) is -0.542. The van der Waals surface area contributed by atoms with E-state index in [1.165, 1.54) is 12.1 Å². The number of benzene rings is 2. The van der Waals surface area contributed by atoms with Gasteiger partial charge in [0.2, 0.25) is 5.95 Å². The van der Waals surface area contributed by atoms with Gasteiger partial charge in [0.05, 0.1) is 10.8 Å². The molecular weight excluding hydrogens is 296 g/mol. The van der Waals surface area contributed by atoms with Gasteiger partial charge in [-0.1, -0.05) is 30.3 Å². The molecule has 1 heterocycles. The number of amides is 2. The zero-order valence-electron chi connectivity index (χ0n) is 11.9. The number of carbonyl (C=O) groups is 1. The molecule has 2 aromatic carbocycles. The van der Waals surface area contributed by atoms with Gasteiger partial charge in [-0.2, -0.15) is 4.98 Å².